The molecule has 0 saturated carbocycles. The van der Waals surface area contributed by atoms with E-state index in [-0.39, 0.29) is 18.6 Å². The van der Waals surface area contributed by atoms with Crippen molar-refractivity contribution in [2.75, 3.05) is 23.8 Å². The molecule has 1 amide bonds. The zero-order valence-electron chi connectivity index (χ0n) is 16.2. The molecular weight excluding hydrogens is 340 g/mol. The fourth-order valence-corrected chi connectivity index (χ4v) is 2.25. The number of carbonyl (C=O) groups is 1. The normalized spacial score (nSPS) is 11.4. The molecule has 2 rings (SSSR count). The lowest BCUT2D eigenvalue weighted by Gasteiger charge is -2.14. The van der Waals surface area contributed by atoms with Crippen molar-refractivity contribution in [1.29, 1.82) is 0 Å². The summed E-state index contributed by atoms with van der Waals surface area (Å²) in [6, 6.07) is 14.9. The molecule has 0 heterocycles. The topological polar surface area (TPSA) is 59.6 Å². The van der Waals surface area contributed by atoms with E-state index in [1.807, 2.05) is 62.4 Å². The molecule has 144 valence electrons. The summed E-state index contributed by atoms with van der Waals surface area (Å²) in [5.41, 5.74) is 2.48. The van der Waals surface area contributed by atoms with Crippen molar-refractivity contribution in [3.05, 3.63) is 60.7 Å². The van der Waals surface area contributed by atoms with Crippen LogP contribution in [0.4, 0.5) is 11.4 Å². The van der Waals surface area contributed by atoms with Gasteiger partial charge in [0.2, 0.25) is 5.91 Å². The lowest BCUT2D eigenvalue weighted by Crippen LogP contribution is -2.21. The second-order valence-electron chi connectivity index (χ2n) is 6.54. The van der Waals surface area contributed by atoms with Crippen molar-refractivity contribution in [2.24, 2.45) is 0 Å². The van der Waals surface area contributed by atoms with Gasteiger partial charge >= 0.3 is 0 Å². The second-order valence-corrected chi connectivity index (χ2v) is 6.54. The molecule has 2 N–H and O–H groups in total. The number of rotatable bonds is 10. The minimum atomic E-state index is -0.135. The van der Waals surface area contributed by atoms with E-state index in [0.717, 1.165) is 29.2 Å². The summed E-state index contributed by atoms with van der Waals surface area (Å²) in [5, 5.41) is 5.98. The highest BCUT2D eigenvalue weighted by atomic mass is 16.5. The summed E-state index contributed by atoms with van der Waals surface area (Å²) in [6.07, 6.45) is 1.06. The van der Waals surface area contributed by atoms with E-state index in [1.165, 1.54) is 0 Å². The van der Waals surface area contributed by atoms with Crippen molar-refractivity contribution < 1.29 is 14.3 Å². The highest BCUT2D eigenvalue weighted by molar-refractivity contribution is 5.93. The quantitative estimate of drug-likeness (QED) is 0.588. The number of hydrogen-bond acceptors (Lipinski definition) is 4. The summed E-state index contributed by atoms with van der Waals surface area (Å²) < 4.78 is 11.4. The minimum Gasteiger partial charge on any atom is -0.491 e. The van der Waals surface area contributed by atoms with Gasteiger partial charge in [-0.1, -0.05) is 25.6 Å². The number of benzene rings is 2. The van der Waals surface area contributed by atoms with Crippen LogP contribution in [-0.4, -0.2) is 25.2 Å². The number of anilines is 2. The summed E-state index contributed by atoms with van der Waals surface area (Å²) in [5.74, 6) is 1.35. The van der Waals surface area contributed by atoms with Crippen LogP contribution in [0.1, 0.15) is 27.2 Å². The van der Waals surface area contributed by atoms with E-state index >= 15 is 0 Å². The van der Waals surface area contributed by atoms with Crippen LogP contribution in [0.15, 0.2) is 60.7 Å². The van der Waals surface area contributed by atoms with Gasteiger partial charge in [-0.2, -0.15) is 0 Å². The largest absolute Gasteiger partial charge is 0.491 e. The lowest BCUT2D eigenvalue weighted by molar-refractivity contribution is -0.114. The fourth-order valence-electron chi connectivity index (χ4n) is 2.25. The van der Waals surface area contributed by atoms with E-state index in [1.54, 1.807) is 0 Å². The molecular formula is C22H28N2O3. The van der Waals surface area contributed by atoms with Gasteiger partial charge in [0, 0.05) is 23.5 Å². The molecule has 0 aliphatic rings. The Morgan fingerprint density at radius 1 is 1.11 bits per heavy atom. The van der Waals surface area contributed by atoms with Gasteiger partial charge < -0.3 is 20.1 Å². The lowest BCUT2D eigenvalue weighted by atomic mass is 10.2. The summed E-state index contributed by atoms with van der Waals surface area (Å²) >= 11 is 0. The van der Waals surface area contributed by atoms with Gasteiger partial charge in [-0.25, -0.2) is 0 Å². The molecule has 2 aromatic rings. The van der Waals surface area contributed by atoms with Gasteiger partial charge in [0.05, 0.1) is 12.6 Å². The zero-order chi connectivity index (χ0) is 19.6. The first-order valence-corrected chi connectivity index (χ1v) is 9.14. The molecule has 0 bridgehead atoms. The van der Waals surface area contributed by atoms with E-state index in [2.05, 4.69) is 24.1 Å². The molecule has 5 nitrogen and oxygen atoms in total. The average Bonchev–Trinajstić information content (AvgIpc) is 2.65. The van der Waals surface area contributed by atoms with Crippen LogP contribution in [0.2, 0.25) is 0 Å². The van der Waals surface area contributed by atoms with Crippen LogP contribution in [0.25, 0.3) is 0 Å². The van der Waals surface area contributed by atoms with Crippen molar-refractivity contribution in [3.63, 3.8) is 0 Å². The Balaban J connectivity index is 1.86. The first kappa shape index (κ1) is 20.4. The summed E-state index contributed by atoms with van der Waals surface area (Å²) in [6.45, 7) is 10.4. The van der Waals surface area contributed by atoms with Crippen LogP contribution in [0, 0.1) is 0 Å². The van der Waals surface area contributed by atoms with E-state index < -0.39 is 0 Å². The Labute approximate surface area is 161 Å². The van der Waals surface area contributed by atoms with Crippen LogP contribution in [0.5, 0.6) is 11.5 Å². The highest BCUT2D eigenvalue weighted by Gasteiger charge is 2.06. The van der Waals surface area contributed by atoms with Crippen LogP contribution in [0.3, 0.4) is 0 Å². The van der Waals surface area contributed by atoms with E-state index in [9.17, 15) is 4.79 Å². The van der Waals surface area contributed by atoms with E-state index in [0.29, 0.717) is 12.3 Å². The smallest absolute Gasteiger partial charge is 0.243 e. The van der Waals surface area contributed by atoms with Crippen molar-refractivity contribution in [1.82, 2.24) is 0 Å². The second kappa shape index (κ2) is 10.3. The van der Waals surface area contributed by atoms with Crippen molar-refractivity contribution in [2.45, 2.75) is 33.3 Å². The molecule has 0 saturated heterocycles. The molecule has 0 aliphatic heterocycles. The molecule has 1 unspecified atom stereocenters. The van der Waals surface area contributed by atoms with Crippen LogP contribution >= 0.6 is 0 Å². The molecule has 0 spiro atoms. The SMILES string of the molecule is C=C(C)COc1cccc(NCC(=O)Nc2cccc(OC(C)CC)c2)c1. The first-order chi connectivity index (χ1) is 13.0. The Hall–Kier alpha value is -2.95. The monoisotopic (exact) mass is 368 g/mol. The molecule has 2 aromatic carbocycles. The van der Waals surface area contributed by atoms with Crippen molar-refractivity contribution >= 4 is 17.3 Å². The third-order valence-corrected chi connectivity index (χ3v) is 3.80. The molecule has 0 aliphatic carbocycles. The van der Waals surface area contributed by atoms with Gasteiger partial charge in [0.25, 0.3) is 0 Å². The van der Waals surface area contributed by atoms with Gasteiger partial charge in [-0.15, -0.1) is 0 Å². The zero-order valence-corrected chi connectivity index (χ0v) is 16.2. The molecule has 1 atom stereocenters. The number of nitrogens with one attached hydrogen (secondary N) is 2. The number of hydrogen-bond donors (Lipinski definition) is 2. The minimum absolute atomic E-state index is 0.135. The predicted molar refractivity (Wildman–Crippen MR) is 111 cm³/mol. The Morgan fingerprint density at radius 2 is 1.78 bits per heavy atom. The maximum atomic E-state index is 12.2. The van der Waals surface area contributed by atoms with E-state index in [4.69, 9.17) is 9.47 Å². The maximum Gasteiger partial charge on any atom is 0.243 e. The Bertz CT molecular complexity index is 774. The first-order valence-electron chi connectivity index (χ1n) is 9.14. The molecule has 0 aromatic heterocycles. The molecule has 0 radical (unpaired) electrons. The Morgan fingerprint density at radius 3 is 2.48 bits per heavy atom. The Kier molecular flexibility index (Phi) is 7.74. The van der Waals surface area contributed by atoms with Crippen molar-refractivity contribution in [3.8, 4) is 11.5 Å². The predicted octanol–water partition coefficient (Wildman–Crippen LogP) is 4.87. The third kappa shape index (κ3) is 7.44. The molecule has 27 heavy (non-hydrogen) atoms. The molecule has 5 heteroatoms. The highest BCUT2D eigenvalue weighted by Crippen LogP contribution is 2.20. The van der Waals surface area contributed by atoms with Gasteiger partial charge in [-0.3, -0.25) is 4.79 Å². The van der Waals surface area contributed by atoms with Gasteiger partial charge in [0.1, 0.15) is 18.1 Å². The number of amides is 1. The van der Waals surface area contributed by atoms with Gasteiger partial charge in [0.15, 0.2) is 0 Å². The number of carbonyl (C=O) groups excluding carboxylic acids is 1. The summed E-state index contributed by atoms with van der Waals surface area (Å²) in [4.78, 5) is 12.2. The maximum absolute atomic E-state index is 12.2. The van der Waals surface area contributed by atoms with Crippen LogP contribution < -0.4 is 20.1 Å². The standard InChI is InChI=1S/C22H28N2O3/c1-5-17(4)27-21-11-7-9-19(13-21)24-22(25)14-23-18-8-6-10-20(12-18)26-15-16(2)3/h6-13,17,23H,2,5,14-15H2,1,3-4H3,(H,24,25). The molecule has 0 fully saturated rings. The number of ether oxygens (including phenoxy) is 2. The van der Waals surface area contributed by atoms with Gasteiger partial charge in [-0.05, 0) is 50.1 Å². The fraction of sp³-hybridized carbons (Fsp3) is 0.318. The average molecular weight is 368 g/mol. The van der Waals surface area contributed by atoms with Crippen LogP contribution in [-0.2, 0) is 4.79 Å². The third-order valence-electron chi connectivity index (χ3n) is 3.80. The summed E-state index contributed by atoms with van der Waals surface area (Å²) in [7, 11) is 0.